The highest BCUT2D eigenvalue weighted by Gasteiger charge is 2.08. The second kappa shape index (κ2) is 5.63. The van der Waals surface area contributed by atoms with Crippen molar-refractivity contribution in [2.75, 3.05) is 0 Å². The minimum atomic E-state index is 0.498. The molecule has 18 heavy (non-hydrogen) atoms. The summed E-state index contributed by atoms with van der Waals surface area (Å²) in [6.45, 7) is 9.49. The summed E-state index contributed by atoms with van der Waals surface area (Å²) in [5.41, 5.74) is 4.00. The van der Waals surface area contributed by atoms with Crippen molar-refractivity contribution in [2.45, 2.75) is 40.3 Å². The lowest BCUT2D eigenvalue weighted by Gasteiger charge is -2.06. The molecule has 0 aliphatic rings. The van der Waals surface area contributed by atoms with E-state index in [0.717, 1.165) is 11.6 Å². The quantitative estimate of drug-likeness (QED) is 0.901. The number of aromatic nitrogens is 1. The Morgan fingerprint density at radius 2 is 2.06 bits per heavy atom. The van der Waals surface area contributed by atoms with Gasteiger partial charge in [-0.25, -0.2) is 4.98 Å². The maximum Gasteiger partial charge on any atom is 0.107 e. The molecule has 0 radical (unpaired) electrons. The molecule has 0 amide bonds. The summed E-state index contributed by atoms with van der Waals surface area (Å²) in [4.78, 5) is 5.75. The predicted octanol–water partition coefficient (Wildman–Crippen LogP) is 3.92. The van der Waals surface area contributed by atoms with Crippen molar-refractivity contribution in [3.05, 3.63) is 40.5 Å². The maximum absolute atomic E-state index is 4.49. The average Bonchev–Trinajstić information content (AvgIpc) is 2.78. The Morgan fingerprint density at radius 1 is 1.28 bits per heavy atom. The fourth-order valence-corrected chi connectivity index (χ4v) is 2.78. The number of rotatable bonds is 4. The summed E-state index contributed by atoms with van der Waals surface area (Å²) in [7, 11) is 0. The van der Waals surface area contributed by atoms with Gasteiger partial charge in [-0.1, -0.05) is 32.0 Å². The smallest absolute Gasteiger partial charge is 0.107 e. The molecule has 0 atom stereocenters. The monoisotopic (exact) mass is 260 g/mol. The largest absolute Gasteiger partial charge is 0.308 e. The number of nitrogens with zero attached hydrogens (tertiary/aromatic N) is 1. The summed E-state index contributed by atoms with van der Waals surface area (Å²) in [5, 5.41) is 4.55. The van der Waals surface area contributed by atoms with Crippen molar-refractivity contribution in [1.29, 1.82) is 0 Å². The zero-order chi connectivity index (χ0) is 13.1. The predicted molar refractivity (Wildman–Crippen MR) is 79.0 cm³/mol. The first-order valence-corrected chi connectivity index (χ1v) is 7.14. The standard InChI is InChI=1S/C15H20N2S/c1-10(2)16-9-15-17-8-14(18-15)13-7-5-6-11(3)12(13)4/h5-8,10,16H,9H2,1-4H3. The summed E-state index contributed by atoms with van der Waals surface area (Å²) in [6.07, 6.45) is 1.99. The van der Waals surface area contributed by atoms with E-state index >= 15 is 0 Å². The molecule has 0 fully saturated rings. The Labute approximate surface area is 113 Å². The van der Waals surface area contributed by atoms with Crippen LogP contribution in [0, 0.1) is 13.8 Å². The van der Waals surface area contributed by atoms with Gasteiger partial charge in [0.15, 0.2) is 0 Å². The Hall–Kier alpha value is -1.19. The van der Waals surface area contributed by atoms with Gasteiger partial charge in [-0.3, -0.25) is 0 Å². The third-order valence-electron chi connectivity index (χ3n) is 3.09. The fourth-order valence-electron chi connectivity index (χ4n) is 1.83. The van der Waals surface area contributed by atoms with Gasteiger partial charge < -0.3 is 5.32 Å². The van der Waals surface area contributed by atoms with Crippen LogP contribution < -0.4 is 5.32 Å². The molecular weight excluding hydrogens is 240 g/mol. The molecule has 0 unspecified atom stereocenters. The van der Waals surface area contributed by atoms with Crippen molar-refractivity contribution < 1.29 is 0 Å². The Morgan fingerprint density at radius 3 is 2.78 bits per heavy atom. The highest BCUT2D eigenvalue weighted by molar-refractivity contribution is 7.15. The molecule has 2 nitrogen and oxygen atoms in total. The van der Waals surface area contributed by atoms with E-state index in [1.165, 1.54) is 21.6 Å². The van der Waals surface area contributed by atoms with Crippen LogP contribution >= 0.6 is 11.3 Å². The average molecular weight is 260 g/mol. The van der Waals surface area contributed by atoms with Crippen molar-refractivity contribution in [3.8, 4) is 10.4 Å². The lowest BCUT2D eigenvalue weighted by Crippen LogP contribution is -2.21. The van der Waals surface area contributed by atoms with Gasteiger partial charge in [-0.2, -0.15) is 0 Å². The van der Waals surface area contributed by atoms with E-state index in [1.54, 1.807) is 11.3 Å². The van der Waals surface area contributed by atoms with Crippen molar-refractivity contribution in [3.63, 3.8) is 0 Å². The van der Waals surface area contributed by atoms with E-state index in [0.29, 0.717) is 6.04 Å². The molecule has 1 N–H and O–H groups in total. The molecule has 0 spiro atoms. The minimum Gasteiger partial charge on any atom is -0.308 e. The molecule has 1 aromatic heterocycles. The Kier molecular flexibility index (Phi) is 4.15. The molecule has 1 heterocycles. The summed E-state index contributed by atoms with van der Waals surface area (Å²) in [5.74, 6) is 0. The molecular formula is C15H20N2S. The van der Waals surface area contributed by atoms with E-state index in [1.807, 2.05) is 6.20 Å². The number of nitrogens with one attached hydrogen (secondary N) is 1. The van der Waals surface area contributed by atoms with Gasteiger partial charge in [0, 0.05) is 18.8 Å². The second-order valence-electron chi connectivity index (χ2n) is 4.90. The summed E-state index contributed by atoms with van der Waals surface area (Å²) in [6, 6.07) is 6.94. The van der Waals surface area contributed by atoms with E-state index < -0.39 is 0 Å². The second-order valence-corrected chi connectivity index (χ2v) is 6.02. The molecule has 3 heteroatoms. The van der Waals surface area contributed by atoms with Crippen LogP contribution in [-0.4, -0.2) is 11.0 Å². The Balaban J connectivity index is 2.21. The highest BCUT2D eigenvalue weighted by atomic mass is 32.1. The fraction of sp³-hybridized carbons (Fsp3) is 0.400. The number of thiazole rings is 1. The van der Waals surface area contributed by atoms with Gasteiger partial charge in [0.1, 0.15) is 5.01 Å². The van der Waals surface area contributed by atoms with Crippen LogP contribution in [-0.2, 0) is 6.54 Å². The van der Waals surface area contributed by atoms with Crippen LogP contribution in [0.2, 0.25) is 0 Å². The lowest BCUT2D eigenvalue weighted by atomic mass is 10.0. The summed E-state index contributed by atoms with van der Waals surface area (Å²) >= 11 is 1.78. The number of hydrogen-bond donors (Lipinski definition) is 1. The highest BCUT2D eigenvalue weighted by Crippen LogP contribution is 2.30. The lowest BCUT2D eigenvalue weighted by molar-refractivity contribution is 0.587. The van der Waals surface area contributed by atoms with Gasteiger partial charge >= 0.3 is 0 Å². The zero-order valence-corrected chi connectivity index (χ0v) is 12.3. The van der Waals surface area contributed by atoms with Crippen molar-refractivity contribution in [2.24, 2.45) is 0 Å². The van der Waals surface area contributed by atoms with Crippen LogP contribution in [0.15, 0.2) is 24.4 Å². The van der Waals surface area contributed by atoms with Gasteiger partial charge in [0.25, 0.3) is 0 Å². The first-order valence-electron chi connectivity index (χ1n) is 6.32. The third kappa shape index (κ3) is 2.98. The molecule has 0 aliphatic carbocycles. The minimum absolute atomic E-state index is 0.498. The van der Waals surface area contributed by atoms with Gasteiger partial charge in [-0.15, -0.1) is 11.3 Å². The molecule has 0 aliphatic heterocycles. The van der Waals surface area contributed by atoms with E-state index in [2.05, 4.69) is 56.2 Å². The van der Waals surface area contributed by atoms with Crippen LogP contribution in [0.25, 0.3) is 10.4 Å². The molecule has 2 rings (SSSR count). The first kappa shape index (κ1) is 13.2. The number of benzene rings is 1. The van der Waals surface area contributed by atoms with E-state index in [-0.39, 0.29) is 0 Å². The van der Waals surface area contributed by atoms with Crippen LogP contribution in [0.1, 0.15) is 30.0 Å². The number of aryl methyl sites for hydroxylation is 1. The van der Waals surface area contributed by atoms with Crippen molar-refractivity contribution in [1.82, 2.24) is 10.3 Å². The first-order chi connectivity index (χ1) is 8.58. The molecule has 2 aromatic rings. The third-order valence-corrected chi connectivity index (χ3v) is 4.12. The van der Waals surface area contributed by atoms with Gasteiger partial charge in [0.2, 0.25) is 0 Å². The molecule has 0 saturated heterocycles. The van der Waals surface area contributed by atoms with E-state index in [4.69, 9.17) is 0 Å². The van der Waals surface area contributed by atoms with Gasteiger partial charge in [-0.05, 0) is 30.5 Å². The molecule has 96 valence electrons. The van der Waals surface area contributed by atoms with E-state index in [9.17, 15) is 0 Å². The normalized spacial score (nSPS) is 11.2. The van der Waals surface area contributed by atoms with Crippen LogP contribution in [0.5, 0.6) is 0 Å². The molecule has 0 saturated carbocycles. The zero-order valence-electron chi connectivity index (χ0n) is 11.4. The maximum atomic E-state index is 4.49. The van der Waals surface area contributed by atoms with Crippen LogP contribution in [0.3, 0.4) is 0 Å². The van der Waals surface area contributed by atoms with Crippen molar-refractivity contribution >= 4 is 11.3 Å². The molecule has 0 bridgehead atoms. The molecule has 1 aromatic carbocycles. The van der Waals surface area contributed by atoms with Gasteiger partial charge in [0.05, 0.1) is 4.88 Å². The van der Waals surface area contributed by atoms with Crippen LogP contribution in [0.4, 0.5) is 0 Å². The number of hydrogen-bond acceptors (Lipinski definition) is 3. The SMILES string of the molecule is Cc1cccc(-c2cnc(CNC(C)C)s2)c1C. The summed E-state index contributed by atoms with van der Waals surface area (Å²) < 4.78 is 0. The Bertz CT molecular complexity index is 529. The topological polar surface area (TPSA) is 24.9 Å².